The third-order valence-corrected chi connectivity index (χ3v) is 3.88. The highest BCUT2D eigenvalue weighted by Gasteiger charge is 2.49. The van der Waals surface area contributed by atoms with Crippen molar-refractivity contribution in [2.24, 2.45) is 11.3 Å². The fourth-order valence-corrected chi connectivity index (χ4v) is 2.57. The van der Waals surface area contributed by atoms with E-state index in [-0.39, 0.29) is 0 Å². The molecule has 0 aromatic rings. The molecule has 2 atom stereocenters. The molecule has 0 aromatic carbocycles. The summed E-state index contributed by atoms with van der Waals surface area (Å²) in [6.45, 7) is 5.31. The summed E-state index contributed by atoms with van der Waals surface area (Å²) in [4.78, 5) is 11.8. The van der Waals surface area contributed by atoms with E-state index in [0.717, 1.165) is 32.3 Å². The van der Waals surface area contributed by atoms with Crippen molar-refractivity contribution in [1.29, 1.82) is 0 Å². The number of ether oxygens (including phenoxy) is 1. The van der Waals surface area contributed by atoms with E-state index in [1.165, 1.54) is 12.8 Å². The van der Waals surface area contributed by atoms with Crippen molar-refractivity contribution < 1.29 is 9.53 Å². The largest absolute Gasteiger partial charge is 0.378 e. The summed E-state index contributed by atoms with van der Waals surface area (Å²) in [5.41, 5.74) is 0.306. The van der Waals surface area contributed by atoms with Crippen molar-refractivity contribution in [2.75, 3.05) is 6.61 Å². The molecule has 1 aliphatic heterocycles. The monoisotopic (exact) mass is 210 g/mol. The quantitative estimate of drug-likeness (QED) is 0.697. The van der Waals surface area contributed by atoms with Gasteiger partial charge in [-0.15, -0.1) is 0 Å². The summed E-state index contributed by atoms with van der Waals surface area (Å²) in [7, 11) is 0. The molecule has 0 bridgehead atoms. The molecule has 2 fully saturated rings. The van der Waals surface area contributed by atoms with Crippen molar-refractivity contribution >= 4 is 5.78 Å². The summed E-state index contributed by atoms with van der Waals surface area (Å²) < 4.78 is 5.54. The van der Waals surface area contributed by atoms with Gasteiger partial charge in [0.05, 0.1) is 6.10 Å². The van der Waals surface area contributed by atoms with Gasteiger partial charge in [-0.25, -0.2) is 0 Å². The average molecular weight is 210 g/mol. The minimum Gasteiger partial charge on any atom is -0.378 e. The maximum Gasteiger partial charge on any atom is 0.136 e. The van der Waals surface area contributed by atoms with Crippen molar-refractivity contribution in [3.63, 3.8) is 0 Å². The first-order chi connectivity index (χ1) is 7.09. The minimum atomic E-state index is 0.306. The first-order valence-corrected chi connectivity index (χ1v) is 6.24. The molecule has 15 heavy (non-hydrogen) atoms. The molecular formula is C13H22O2. The Morgan fingerprint density at radius 1 is 1.47 bits per heavy atom. The van der Waals surface area contributed by atoms with Gasteiger partial charge in [0, 0.05) is 18.9 Å². The molecule has 0 spiro atoms. The fraction of sp³-hybridized carbons (Fsp3) is 0.923. The van der Waals surface area contributed by atoms with Crippen LogP contribution < -0.4 is 0 Å². The van der Waals surface area contributed by atoms with E-state index in [4.69, 9.17) is 4.74 Å². The molecule has 2 nitrogen and oxygen atoms in total. The first kappa shape index (κ1) is 11.1. The molecule has 1 aliphatic carbocycles. The smallest absolute Gasteiger partial charge is 0.136 e. The summed E-state index contributed by atoms with van der Waals surface area (Å²) in [5, 5.41) is 0. The van der Waals surface area contributed by atoms with Gasteiger partial charge in [-0.05, 0) is 37.5 Å². The standard InChI is InChI=1S/C13H22O2/c1-13(2)9-11(13)12(14)7-3-5-10-6-4-8-15-10/h10-11H,3-9H2,1-2H3. The molecule has 1 heterocycles. The van der Waals surface area contributed by atoms with Crippen LogP contribution in [0.2, 0.25) is 0 Å². The second kappa shape index (κ2) is 4.25. The lowest BCUT2D eigenvalue weighted by Crippen LogP contribution is -2.09. The van der Waals surface area contributed by atoms with E-state index in [9.17, 15) is 4.79 Å². The molecule has 1 saturated heterocycles. The lowest BCUT2D eigenvalue weighted by molar-refractivity contribution is -0.121. The Morgan fingerprint density at radius 3 is 2.73 bits per heavy atom. The van der Waals surface area contributed by atoms with Crippen molar-refractivity contribution in [1.82, 2.24) is 0 Å². The van der Waals surface area contributed by atoms with Gasteiger partial charge in [-0.3, -0.25) is 4.79 Å². The zero-order valence-electron chi connectivity index (χ0n) is 9.92. The predicted octanol–water partition coefficient (Wildman–Crippen LogP) is 2.95. The van der Waals surface area contributed by atoms with Crippen LogP contribution in [-0.2, 0) is 9.53 Å². The highest BCUT2D eigenvalue weighted by Crippen LogP contribution is 2.52. The topological polar surface area (TPSA) is 26.3 Å². The summed E-state index contributed by atoms with van der Waals surface area (Å²) in [6, 6.07) is 0. The molecule has 0 aromatic heterocycles. The van der Waals surface area contributed by atoms with Gasteiger partial charge in [-0.2, -0.15) is 0 Å². The van der Waals surface area contributed by atoms with Crippen LogP contribution in [0.3, 0.4) is 0 Å². The SMILES string of the molecule is CC1(C)CC1C(=O)CCCC1CCCO1. The molecular weight excluding hydrogens is 188 g/mol. The van der Waals surface area contributed by atoms with E-state index in [1.54, 1.807) is 0 Å². The van der Waals surface area contributed by atoms with Crippen molar-refractivity contribution in [3.8, 4) is 0 Å². The second-order valence-corrected chi connectivity index (χ2v) is 5.74. The minimum absolute atomic E-state index is 0.306. The molecule has 2 unspecified atom stereocenters. The van der Waals surface area contributed by atoms with E-state index in [0.29, 0.717) is 23.2 Å². The number of carbonyl (C=O) groups excluding carboxylic acids is 1. The molecule has 86 valence electrons. The van der Waals surface area contributed by atoms with E-state index < -0.39 is 0 Å². The maximum atomic E-state index is 11.8. The molecule has 0 N–H and O–H groups in total. The number of Topliss-reactive ketones (excluding diaryl/α,β-unsaturated/α-hetero) is 1. The van der Waals surface area contributed by atoms with Gasteiger partial charge in [0.15, 0.2) is 0 Å². The average Bonchev–Trinajstić information content (AvgIpc) is 2.65. The number of ketones is 1. The van der Waals surface area contributed by atoms with E-state index in [1.807, 2.05) is 0 Å². The van der Waals surface area contributed by atoms with Gasteiger partial charge < -0.3 is 4.74 Å². The Hall–Kier alpha value is -0.370. The van der Waals surface area contributed by atoms with Crippen LogP contribution in [0.15, 0.2) is 0 Å². The molecule has 1 saturated carbocycles. The number of carbonyl (C=O) groups is 1. The lowest BCUT2D eigenvalue weighted by atomic mass is 10.0. The Kier molecular flexibility index (Phi) is 3.15. The van der Waals surface area contributed by atoms with Crippen LogP contribution in [0.5, 0.6) is 0 Å². The van der Waals surface area contributed by atoms with Crippen LogP contribution in [-0.4, -0.2) is 18.5 Å². The first-order valence-electron chi connectivity index (χ1n) is 6.24. The zero-order valence-corrected chi connectivity index (χ0v) is 9.92. The Balaban J connectivity index is 1.60. The highest BCUT2D eigenvalue weighted by molar-refractivity contribution is 5.84. The van der Waals surface area contributed by atoms with Gasteiger partial charge in [0.25, 0.3) is 0 Å². The van der Waals surface area contributed by atoms with Crippen molar-refractivity contribution in [3.05, 3.63) is 0 Å². The third kappa shape index (κ3) is 2.81. The normalized spacial score (nSPS) is 32.9. The Morgan fingerprint density at radius 2 is 2.20 bits per heavy atom. The van der Waals surface area contributed by atoms with Crippen molar-refractivity contribution in [2.45, 2.75) is 58.5 Å². The zero-order chi connectivity index (χ0) is 10.9. The number of hydrogen-bond donors (Lipinski definition) is 0. The van der Waals surface area contributed by atoms with Gasteiger partial charge in [0.2, 0.25) is 0 Å². The van der Waals surface area contributed by atoms with Crippen LogP contribution in [0.25, 0.3) is 0 Å². The number of rotatable bonds is 5. The lowest BCUT2D eigenvalue weighted by Gasteiger charge is -2.08. The van der Waals surface area contributed by atoms with Crippen LogP contribution in [0, 0.1) is 11.3 Å². The summed E-state index contributed by atoms with van der Waals surface area (Å²) in [6.07, 6.45) is 6.83. The Bertz CT molecular complexity index is 239. The fourth-order valence-electron chi connectivity index (χ4n) is 2.57. The maximum absolute atomic E-state index is 11.8. The molecule has 2 rings (SSSR count). The highest BCUT2D eigenvalue weighted by atomic mass is 16.5. The molecule has 0 radical (unpaired) electrons. The van der Waals surface area contributed by atoms with E-state index in [2.05, 4.69) is 13.8 Å². The van der Waals surface area contributed by atoms with Crippen LogP contribution >= 0.6 is 0 Å². The molecule has 2 aliphatic rings. The van der Waals surface area contributed by atoms with E-state index >= 15 is 0 Å². The Labute approximate surface area is 92.4 Å². The summed E-state index contributed by atoms with van der Waals surface area (Å²) in [5.74, 6) is 0.847. The summed E-state index contributed by atoms with van der Waals surface area (Å²) >= 11 is 0. The van der Waals surface area contributed by atoms with Gasteiger partial charge in [0.1, 0.15) is 5.78 Å². The van der Waals surface area contributed by atoms with Crippen LogP contribution in [0.1, 0.15) is 52.4 Å². The second-order valence-electron chi connectivity index (χ2n) is 5.74. The van der Waals surface area contributed by atoms with Gasteiger partial charge >= 0.3 is 0 Å². The third-order valence-electron chi connectivity index (χ3n) is 3.88. The van der Waals surface area contributed by atoms with Gasteiger partial charge in [-0.1, -0.05) is 13.8 Å². The molecule has 2 heteroatoms. The van der Waals surface area contributed by atoms with Crippen LogP contribution in [0.4, 0.5) is 0 Å². The molecule has 0 amide bonds. The predicted molar refractivity (Wildman–Crippen MR) is 59.7 cm³/mol. The number of hydrogen-bond acceptors (Lipinski definition) is 2.